The molecule has 9 heteroatoms. The summed E-state index contributed by atoms with van der Waals surface area (Å²) in [6, 6.07) is 0. The van der Waals surface area contributed by atoms with Crippen LogP contribution in [0.5, 0.6) is 0 Å². The number of carbonyl (C=O) groups is 2. The lowest BCUT2D eigenvalue weighted by Gasteiger charge is -2.19. The van der Waals surface area contributed by atoms with Gasteiger partial charge >= 0.3 is 19.8 Å². The van der Waals surface area contributed by atoms with E-state index in [1.54, 1.807) is 6.92 Å². The van der Waals surface area contributed by atoms with E-state index in [0.717, 1.165) is 57.8 Å². The minimum absolute atomic E-state index is 0.000552. The Labute approximate surface area is 326 Å². The first kappa shape index (κ1) is 51.5. The van der Waals surface area contributed by atoms with Crippen molar-refractivity contribution in [2.45, 2.75) is 226 Å². The fourth-order valence-electron chi connectivity index (χ4n) is 6.25. The Kier molecular flexibility index (Phi) is 39.1. The van der Waals surface area contributed by atoms with Gasteiger partial charge in [-0.15, -0.1) is 0 Å². The first-order chi connectivity index (χ1) is 25.8. The summed E-state index contributed by atoms with van der Waals surface area (Å²) in [5.41, 5.74) is 0. The van der Waals surface area contributed by atoms with Gasteiger partial charge in [0.25, 0.3) is 0 Å². The summed E-state index contributed by atoms with van der Waals surface area (Å²) in [4.78, 5) is 34.7. The normalized spacial score (nSPS) is 13.5. The molecule has 2 unspecified atom stereocenters. The number of allylic oxidation sites excluding steroid dienone is 4. The van der Waals surface area contributed by atoms with Crippen molar-refractivity contribution in [2.75, 3.05) is 19.8 Å². The zero-order valence-corrected chi connectivity index (χ0v) is 35.6. The van der Waals surface area contributed by atoms with Gasteiger partial charge in [-0.3, -0.25) is 18.6 Å². The second-order valence-electron chi connectivity index (χ2n) is 14.7. The fraction of sp³-hybridized carbons (Fsp3) is 0.864. The summed E-state index contributed by atoms with van der Waals surface area (Å²) in [6.45, 7) is 5.46. The number of ether oxygens (including phenoxy) is 2. The third-order valence-corrected chi connectivity index (χ3v) is 10.6. The van der Waals surface area contributed by atoms with Gasteiger partial charge in [0.1, 0.15) is 6.61 Å². The minimum Gasteiger partial charge on any atom is -0.462 e. The van der Waals surface area contributed by atoms with Gasteiger partial charge in [-0.2, -0.15) is 0 Å². The summed E-state index contributed by atoms with van der Waals surface area (Å²) in [5.74, 6) is -0.804. The van der Waals surface area contributed by atoms with E-state index in [0.29, 0.717) is 12.8 Å². The van der Waals surface area contributed by atoms with Crippen LogP contribution in [0.4, 0.5) is 0 Å². The predicted molar refractivity (Wildman–Crippen MR) is 221 cm³/mol. The Morgan fingerprint density at radius 1 is 0.509 bits per heavy atom. The molecule has 0 saturated heterocycles. The molecule has 0 aromatic rings. The summed E-state index contributed by atoms with van der Waals surface area (Å²) in [7, 11) is -4.28. The summed E-state index contributed by atoms with van der Waals surface area (Å²) in [5, 5.41) is 0. The van der Waals surface area contributed by atoms with Gasteiger partial charge in [-0.25, -0.2) is 4.57 Å². The average Bonchev–Trinajstić information content (AvgIpc) is 3.13. The number of carbonyl (C=O) groups excluding carboxylic acids is 2. The van der Waals surface area contributed by atoms with Crippen LogP contribution < -0.4 is 0 Å². The molecule has 312 valence electrons. The van der Waals surface area contributed by atoms with Gasteiger partial charge in [0, 0.05) is 12.8 Å². The Morgan fingerprint density at radius 3 is 1.38 bits per heavy atom. The van der Waals surface area contributed by atoms with E-state index in [4.69, 9.17) is 18.5 Å². The van der Waals surface area contributed by atoms with Gasteiger partial charge in [-0.05, 0) is 51.9 Å². The van der Waals surface area contributed by atoms with Gasteiger partial charge < -0.3 is 14.4 Å². The molecule has 0 saturated carbocycles. The Bertz CT molecular complexity index is 921. The second kappa shape index (κ2) is 40.2. The zero-order chi connectivity index (χ0) is 38.9. The molecular weight excluding hydrogens is 687 g/mol. The van der Waals surface area contributed by atoms with E-state index < -0.39 is 26.5 Å². The molecule has 0 aliphatic rings. The van der Waals surface area contributed by atoms with E-state index in [9.17, 15) is 19.0 Å². The highest BCUT2D eigenvalue weighted by molar-refractivity contribution is 7.47. The molecule has 0 aliphatic carbocycles. The van der Waals surface area contributed by atoms with Gasteiger partial charge in [0.05, 0.1) is 13.2 Å². The number of phosphoric acid groups is 1. The highest BCUT2D eigenvalue weighted by Crippen LogP contribution is 2.43. The molecule has 0 aromatic carbocycles. The first-order valence-electron chi connectivity index (χ1n) is 22.1. The lowest BCUT2D eigenvalue weighted by atomic mass is 10.0. The van der Waals surface area contributed by atoms with Crippen LogP contribution in [0.15, 0.2) is 24.3 Å². The van der Waals surface area contributed by atoms with Crippen LogP contribution in [0.2, 0.25) is 0 Å². The molecule has 0 spiro atoms. The fourth-order valence-corrected chi connectivity index (χ4v) is 7.00. The number of unbranched alkanes of at least 4 members (excludes halogenated alkanes) is 25. The van der Waals surface area contributed by atoms with Crippen molar-refractivity contribution in [2.24, 2.45) is 0 Å². The second-order valence-corrected chi connectivity index (χ2v) is 16.2. The van der Waals surface area contributed by atoms with Crippen LogP contribution >= 0.6 is 7.82 Å². The SMILES string of the molecule is CCCCC/C=C\C/C=C\CCCCCCCC(=O)OC(COC(=O)CCCCCCCCCCCCCCCCCCCC)COP(=O)(O)OCC. The number of hydrogen-bond donors (Lipinski definition) is 1. The molecule has 0 aromatic heterocycles. The third kappa shape index (κ3) is 40.0. The van der Waals surface area contributed by atoms with Gasteiger partial charge in [0.15, 0.2) is 6.10 Å². The molecule has 0 radical (unpaired) electrons. The Morgan fingerprint density at radius 2 is 0.906 bits per heavy atom. The van der Waals surface area contributed by atoms with Crippen LogP contribution in [0.3, 0.4) is 0 Å². The monoisotopic (exact) mass is 771 g/mol. The highest BCUT2D eigenvalue weighted by atomic mass is 31.2. The molecule has 8 nitrogen and oxygen atoms in total. The Hall–Kier alpha value is -1.47. The van der Waals surface area contributed by atoms with Crippen LogP contribution in [0.1, 0.15) is 220 Å². The van der Waals surface area contributed by atoms with E-state index in [1.807, 2.05) is 0 Å². The van der Waals surface area contributed by atoms with Gasteiger partial charge in [-0.1, -0.05) is 179 Å². The number of rotatable bonds is 41. The van der Waals surface area contributed by atoms with Crippen molar-refractivity contribution < 1.29 is 37.6 Å². The lowest BCUT2D eigenvalue weighted by molar-refractivity contribution is -0.161. The smallest absolute Gasteiger partial charge is 0.462 e. The first-order valence-corrected chi connectivity index (χ1v) is 23.6. The standard InChI is InChI=1S/C44H83O8P/c1-4-7-9-11-13-15-17-19-21-22-23-25-26-28-30-32-34-36-38-43(45)49-40-42(41-51-53(47,48)50-6-3)52-44(46)39-37-35-33-31-29-27-24-20-18-16-14-12-10-8-5-2/h14,16,20,24,42H,4-13,15,17-19,21-23,25-41H2,1-3H3,(H,47,48)/b16-14-,24-20-. The number of esters is 2. The Balaban J connectivity index is 4.05. The quantitative estimate of drug-likeness (QED) is 0.0283. The minimum atomic E-state index is -4.28. The zero-order valence-electron chi connectivity index (χ0n) is 34.7. The molecular formula is C44H83O8P. The molecule has 53 heavy (non-hydrogen) atoms. The molecule has 0 amide bonds. The molecule has 0 heterocycles. The topological polar surface area (TPSA) is 108 Å². The maximum absolute atomic E-state index is 12.5. The van der Waals surface area contributed by atoms with Crippen LogP contribution in [-0.2, 0) is 32.7 Å². The van der Waals surface area contributed by atoms with E-state index >= 15 is 0 Å². The number of phosphoric ester groups is 1. The molecule has 2 atom stereocenters. The number of hydrogen-bond acceptors (Lipinski definition) is 7. The largest absolute Gasteiger partial charge is 0.472 e. The van der Waals surface area contributed by atoms with Crippen molar-refractivity contribution >= 4 is 19.8 Å². The molecule has 0 rings (SSSR count). The molecule has 0 fully saturated rings. The van der Waals surface area contributed by atoms with E-state index in [-0.39, 0.29) is 25.6 Å². The summed E-state index contributed by atoms with van der Waals surface area (Å²) < 4.78 is 32.6. The highest BCUT2D eigenvalue weighted by Gasteiger charge is 2.25. The van der Waals surface area contributed by atoms with E-state index in [1.165, 1.54) is 122 Å². The summed E-state index contributed by atoms with van der Waals surface area (Å²) in [6.07, 6.45) is 43.7. The lowest BCUT2D eigenvalue weighted by Crippen LogP contribution is -2.29. The molecule has 0 bridgehead atoms. The van der Waals surface area contributed by atoms with Crippen LogP contribution in [0, 0.1) is 0 Å². The third-order valence-electron chi connectivity index (χ3n) is 9.51. The van der Waals surface area contributed by atoms with Crippen molar-refractivity contribution in [1.29, 1.82) is 0 Å². The van der Waals surface area contributed by atoms with Crippen LogP contribution in [-0.4, -0.2) is 42.8 Å². The van der Waals surface area contributed by atoms with Crippen molar-refractivity contribution in [1.82, 2.24) is 0 Å². The van der Waals surface area contributed by atoms with Crippen molar-refractivity contribution in [3.63, 3.8) is 0 Å². The van der Waals surface area contributed by atoms with Crippen molar-refractivity contribution in [3.05, 3.63) is 24.3 Å². The maximum atomic E-state index is 12.5. The molecule has 1 N–H and O–H groups in total. The maximum Gasteiger partial charge on any atom is 0.472 e. The van der Waals surface area contributed by atoms with Crippen LogP contribution in [0.25, 0.3) is 0 Å². The predicted octanol–water partition coefficient (Wildman–Crippen LogP) is 13.8. The average molecular weight is 771 g/mol. The van der Waals surface area contributed by atoms with Gasteiger partial charge in [0.2, 0.25) is 0 Å². The molecule has 0 aliphatic heterocycles. The summed E-state index contributed by atoms with van der Waals surface area (Å²) >= 11 is 0. The van der Waals surface area contributed by atoms with Crippen molar-refractivity contribution in [3.8, 4) is 0 Å². The van der Waals surface area contributed by atoms with E-state index in [2.05, 4.69) is 38.2 Å².